The molecule has 32 heavy (non-hydrogen) atoms. The van der Waals surface area contributed by atoms with Gasteiger partial charge in [-0.3, -0.25) is 9.59 Å². The first-order chi connectivity index (χ1) is 15.1. The fraction of sp³-hybridized carbons (Fsp3) is 0.478. The number of hydrogen-bond donors (Lipinski definition) is 1. The van der Waals surface area contributed by atoms with E-state index in [0.29, 0.717) is 0 Å². The second kappa shape index (κ2) is 13.1. The van der Waals surface area contributed by atoms with Crippen molar-refractivity contribution in [1.82, 2.24) is 4.31 Å². The van der Waals surface area contributed by atoms with Crippen molar-refractivity contribution >= 4 is 22.0 Å². The smallest absolute Gasteiger partial charge is 0.320 e. The van der Waals surface area contributed by atoms with Crippen molar-refractivity contribution < 1.29 is 32.6 Å². The summed E-state index contributed by atoms with van der Waals surface area (Å²) in [6, 6.07) is 6.36. The van der Waals surface area contributed by atoms with Gasteiger partial charge in [0.2, 0.25) is 10.0 Å². The van der Waals surface area contributed by atoms with E-state index in [0.717, 1.165) is 9.87 Å². The summed E-state index contributed by atoms with van der Waals surface area (Å²) < 4.78 is 37.2. The van der Waals surface area contributed by atoms with Crippen LogP contribution in [0.15, 0.2) is 54.5 Å². The summed E-state index contributed by atoms with van der Waals surface area (Å²) in [5.74, 6) is -3.55. The molecule has 0 bridgehead atoms. The third kappa shape index (κ3) is 7.58. The first-order valence-corrected chi connectivity index (χ1v) is 11.9. The maximum Gasteiger partial charge on any atom is 0.320 e. The van der Waals surface area contributed by atoms with Crippen LogP contribution in [0, 0.1) is 18.8 Å². The van der Waals surface area contributed by atoms with Crippen LogP contribution in [-0.4, -0.2) is 62.2 Å². The molecule has 8 nitrogen and oxygen atoms in total. The Balaban J connectivity index is 3.10. The van der Waals surface area contributed by atoms with Gasteiger partial charge < -0.3 is 14.6 Å². The minimum atomic E-state index is -3.91. The molecular weight excluding hydrogens is 434 g/mol. The minimum Gasteiger partial charge on any atom is -0.465 e. The second-order valence-electron chi connectivity index (χ2n) is 7.18. The molecule has 1 aromatic carbocycles. The van der Waals surface area contributed by atoms with Crippen molar-refractivity contribution in [1.29, 1.82) is 0 Å². The van der Waals surface area contributed by atoms with E-state index in [1.807, 2.05) is 6.92 Å². The van der Waals surface area contributed by atoms with Crippen LogP contribution in [0.4, 0.5) is 0 Å². The third-order valence-electron chi connectivity index (χ3n) is 4.83. The Kier molecular flexibility index (Phi) is 11.3. The lowest BCUT2D eigenvalue weighted by Crippen LogP contribution is -2.41. The standard InChI is InChI=1S/C23H33NO7S/c1-6-14-24(32(28,29)19-12-10-17(5)11-13-19)16-21(25)18(7-2)15-20(22(26)30-8-3)23(27)31-9-4/h6-7,10-13,18,20-21,25H,1-2,8-9,14-16H2,3-5H3/t18-,21-/m0/s1. The Morgan fingerprint density at radius 1 is 1.09 bits per heavy atom. The van der Waals surface area contributed by atoms with Crippen LogP contribution in [0.3, 0.4) is 0 Å². The fourth-order valence-corrected chi connectivity index (χ4v) is 4.50. The molecule has 0 aromatic heterocycles. The van der Waals surface area contributed by atoms with Gasteiger partial charge >= 0.3 is 11.9 Å². The summed E-state index contributed by atoms with van der Waals surface area (Å²) in [5, 5.41) is 10.8. The number of aryl methyl sites for hydroxylation is 1. The molecule has 0 aliphatic rings. The number of ether oxygens (including phenoxy) is 2. The fourth-order valence-electron chi connectivity index (χ4n) is 3.08. The Morgan fingerprint density at radius 2 is 1.62 bits per heavy atom. The molecule has 0 heterocycles. The van der Waals surface area contributed by atoms with Crippen LogP contribution < -0.4 is 0 Å². The number of sulfonamides is 1. The predicted octanol–water partition coefficient (Wildman–Crippen LogP) is 2.47. The summed E-state index contributed by atoms with van der Waals surface area (Å²) >= 11 is 0. The first kappa shape index (κ1) is 27.5. The van der Waals surface area contributed by atoms with E-state index in [-0.39, 0.29) is 37.6 Å². The van der Waals surface area contributed by atoms with Crippen molar-refractivity contribution in [3.63, 3.8) is 0 Å². The van der Waals surface area contributed by atoms with Crippen LogP contribution in [0.25, 0.3) is 0 Å². The van der Waals surface area contributed by atoms with E-state index in [1.54, 1.807) is 26.0 Å². The zero-order valence-corrected chi connectivity index (χ0v) is 19.7. The SMILES string of the molecule is C=CCN(C[C@H](O)[C@@H](C=C)CC(C(=O)OCC)C(=O)OCC)S(=O)(=O)c1ccc(C)cc1. The molecule has 0 radical (unpaired) electrons. The highest BCUT2D eigenvalue weighted by molar-refractivity contribution is 7.89. The maximum atomic E-state index is 13.1. The van der Waals surface area contributed by atoms with E-state index >= 15 is 0 Å². The molecule has 0 aliphatic heterocycles. The number of hydrogen-bond acceptors (Lipinski definition) is 7. The first-order valence-electron chi connectivity index (χ1n) is 10.4. The van der Waals surface area contributed by atoms with Gasteiger partial charge in [0, 0.05) is 19.0 Å². The molecule has 0 aliphatic carbocycles. The lowest BCUT2D eigenvalue weighted by Gasteiger charge is -2.28. The van der Waals surface area contributed by atoms with E-state index in [1.165, 1.54) is 24.3 Å². The molecule has 9 heteroatoms. The van der Waals surface area contributed by atoms with E-state index in [9.17, 15) is 23.1 Å². The van der Waals surface area contributed by atoms with Crippen LogP contribution in [0.5, 0.6) is 0 Å². The highest BCUT2D eigenvalue weighted by atomic mass is 32.2. The summed E-state index contributed by atoms with van der Waals surface area (Å²) in [5.41, 5.74) is 0.912. The number of esters is 2. The number of benzene rings is 1. The van der Waals surface area contributed by atoms with Gasteiger partial charge in [-0.05, 0) is 39.3 Å². The van der Waals surface area contributed by atoms with Gasteiger partial charge in [0.15, 0.2) is 5.92 Å². The zero-order chi connectivity index (χ0) is 24.3. The van der Waals surface area contributed by atoms with Gasteiger partial charge in [-0.25, -0.2) is 8.42 Å². The topological polar surface area (TPSA) is 110 Å². The summed E-state index contributed by atoms with van der Waals surface area (Å²) in [6.07, 6.45) is 1.44. The van der Waals surface area contributed by atoms with Crippen LogP contribution in [-0.2, 0) is 29.1 Å². The summed E-state index contributed by atoms with van der Waals surface area (Å²) in [7, 11) is -3.91. The number of aliphatic hydroxyl groups excluding tert-OH is 1. The molecule has 178 valence electrons. The summed E-state index contributed by atoms with van der Waals surface area (Å²) in [4.78, 5) is 24.6. The molecule has 0 fully saturated rings. The maximum absolute atomic E-state index is 13.1. The van der Waals surface area contributed by atoms with Crippen molar-refractivity contribution in [2.45, 2.75) is 38.2 Å². The van der Waals surface area contributed by atoms with E-state index < -0.39 is 39.9 Å². The van der Waals surface area contributed by atoms with Crippen molar-refractivity contribution in [3.8, 4) is 0 Å². The van der Waals surface area contributed by atoms with Crippen LogP contribution in [0.1, 0.15) is 25.8 Å². The van der Waals surface area contributed by atoms with Crippen molar-refractivity contribution in [2.24, 2.45) is 11.8 Å². The van der Waals surface area contributed by atoms with Crippen LogP contribution in [0.2, 0.25) is 0 Å². The Hall–Kier alpha value is -2.49. The van der Waals surface area contributed by atoms with Crippen molar-refractivity contribution in [2.75, 3.05) is 26.3 Å². The molecule has 0 saturated heterocycles. The molecule has 0 unspecified atom stereocenters. The van der Waals surface area contributed by atoms with Gasteiger partial charge in [0.05, 0.1) is 24.2 Å². The normalized spacial score (nSPS) is 13.4. The number of carbonyl (C=O) groups excluding carboxylic acids is 2. The molecule has 1 N–H and O–H groups in total. The van der Waals surface area contributed by atoms with Crippen LogP contribution >= 0.6 is 0 Å². The highest BCUT2D eigenvalue weighted by Crippen LogP contribution is 2.23. The monoisotopic (exact) mass is 467 g/mol. The molecule has 2 atom stereocenters. The molecule has 1 rings (SSSR count). The number of nitrogens with zero attached hydrogens (tertiary/aromatic N) is 1. The number of carbonyl (C=O) groups is 2. The van der Waals surface area contributed by atoms with Gasteiger partial charge in [0.25, 0.3) is 0 Å². The molecule has 0 spiro atoms. The lowest BCUT2D eigenvalue weighted by molar-refractivity contribution is -0.162. The average molecular weight is 468 g/mol. The van der Waals surface area contributed by atoms with E-state index in [2.05, 4.69) is 13.2 Å². The van der Waals surface area contributed by atoms with Gasteiger partial charge in [0.1, 0.15) is 0 Å². The molecule has 0 amide bonds. The number of rotatable bonds is 14. The van der Waals surface area contributed by atoms with Gasteiger partial charge in [-0.2, -0.15) is 4.31 Å². The van der Waals surface area contributed by atoms with E-state index in [4.69, 9.17) is 9.47 Å². The molecular formula is C23H33NO7S. The highest BCUT2D eigenvalue weighted by Gasteiger charge is 2.35. The zero-order valence-electron chi connectivity index (χ0n) is 18.9. The molecule has 0 saturated carbocycles. The van der Waals surface area contributed by atoms with Gasteiger partial charge in [-0.1, -0.05) is 29.8 Å². The average Bonchev–Trinajstić information content (AvgIpc) is 2.74. The molecule has 1 aromatic rings. The summed E-state index contributed by atoms with van der Waals surface area (Å²) in [6.45, 7) is 12.2. The largest absolute Gasteiger partial charge is 0.465 e. The predicted molar refractivity (Wildman–Crippen MR) is 121 cm³/mol. The third-order valence-corrected chi connectivity index (χ3v) is 6.68. The van der Waals surface area contributed by atoms with Crippen molar-refractivity contribution in [3.05, 3.63) is 55.1 Å². The Labute approximate surface area is 190 Å². The van der Waals surface area contributed by atoms with Gasteiger partial charge in [-0.15, -0.1) is 13.2 Å². The minimum absolute atomic E-state index is 0.0314. The lowest BCUT2D eigenvalue weighted by atomic mass is 9.90. The Morgan fingerprint density at radius 3 is 2.06 bits per heavy atom. The quantitative estimate of drug-likeness (QED) is 0.254. The Bertz CT molecular complexity index is 862. The second-order valence-corrected chi connectivity index (χ2v) is 9.12. The number of aliphatic hydroxyl groups is 1.